The number of carboxylic acids is 1. The van der Waals surface area contributed by atoms with E-state index in [0.717, 1.165) is 11.3 Å². The van der Waals surface area contributed by atoms with Crippen LogP contribution in [-0.2, 0) is 29.0 Å². The number of nitrogens with zero attached hydrogens (tertiary/aromatic N) is 3. The van der Waals surface area contributed by atoms with Crippen LogP contribution in [0.15, 0.2) is 24.3 Å². The first kappa shape index (κ1) is 19.0. The molecule has 0 aliphatic carbocycles. The van der Waals surface area contributed by atoms with Gasteiger partial charge in [0.25, 0.3) is 5.91 Å². The fourth-order valence-electron chi connectivity index (χ4n) is 3.39. The summed E-state index contributed by atoms with van der Waals surface area (Å²) in [5.41, 5.74) is 2.12. The maximum atomic E-state index is 13.1. The smallest absolute Gasteiger partial charge is 0.356 e. The summed E-state index contributed by atoms with van der Waals surface area (Å²) in [5, 5.41) is 13.8. The van der Waals surface area contributed by atoms with Gasteiger partial charge >= 0.3 is 5.97 Å². The third kappa shape index (κ3) is 3.85. The number of rotatable bonds is 6. The number of benzene rings is 1. The van der Waals surface area contributed by atoms with Crippen LogP contribution >= 0.6 is 0 Å². The van der Waals surface area contributed by atoms with E-state index >= 15 is 0 Å². The number of carbonyl (C=O) groups is 2. The number of hydrogen-bond donors (Lipinski definition) is 1. The zero-order valence-corrected chi connectivity index (χ0v) is 15.3. The van der Waals surface area contributed by atoms with E-state index in [9.17, 15) is 19.1 Å². The summed E-state index contributed by atoms with van der Waals surface area (Å²) in [5.74, 6) is -1.60. The maximum Gasteiger partial charge on any atom is 0.356 e. The van der Waals surface area contributed by atoms with Gasteiger partial charge in [-0.1, -0.05) is 19.1 Å². The second kappa shape index (κ2) is 7.87. The number of hydrogen-bond acceptors (Lipinski definition) is 4. The second-order valence-electron chi connectivity index (χ2n) is 6.51. The Bertz CT molecular complexity index is 843. The Kier molecular flexibility index (Phi) is 5.55. The van der Waals surface area contributed by atoms with E-state index < -0.39 is 12.1 Å². The van der Waals surface area contributed by atoms with Crippen molar-refractivity contribution in [1.82, 2.24) is 14.7 Å². The van der Waals surface area contributed by atoms with E-state index in [4.69, 9.17) is 4.74 Å². The van der Waals surface area contributed by atoms with Crippen LogP contribution in [-0.4, -0.2) is 51.4 Å². The Morgan fingerprint density at radius 3 is 2.63 bits per heavy atom. The standard InChI is InChI=1S/C19H22FN3O4/c1-3-16(27-2)18(24)22-9-8-15-14(11-22)17(19(25)26)21-23(15)10-12-4-6-13(20)7-5-12/h4-7,16H,3,8-11H2,1-2H3,(H,25,26)/t16-/m1/s1. The summed E-state index contributed by atoms with van der Waals surface area (Å²) in [6, 6.07) is 6.01. The van der Waals surface area contributed by atoms with Gasteiger partial charge in [0.1, 0.15) is 11.9 Å². The van der Waals surface area contributed by atoms with E-state index in [1.54, 1.807) is 21.7 Å². The number of ether oxygens (including phenoxy) is 1. The van der Waals surface area contributed by atoms with Gasteiger partial charge in [0, 0.05) is 37.9 Å². The van der Waals surface area contributed by atoms with E-state index in [-0.39, 0.29) is 24.0 Å². The normalized spacial score (nSPS) is 14.7. The van der Waals surface area contributed by atoms with Crippen molar-refractivity contribution >= 4 is 11.9 Å². The van der Waals surface area contributed by atoms with E-state index in [1.807, 2.05) is 6.92 Å². The maximum absolute atomic E-state index is 13.1. The van der Waals surface area contributed by atoms with Crippen molar-refractivity contribution in [1.29, 1.82) is 0 Å². The molecule has 7 nitrogen and oxygen atoms in total. The molecule has 0 radical (unpaired) electrons. The van der Waals surface area contributed by atoms with Crippen molar-refractivity contribution in [2.75, 3.05) is 13.7 Å². The molecule has 1 amide bonds. The van der Waals surface area contributed by atoms with Gasteiger partial charge < -0.3 is 14.7 Å². The first-order chi connectivity index (χ1) is 12.9. The summed E-state index contributed by atoms with van der Waals surface area (Å²) in [6.45, 7) is 2.88. The number of methoxy groups -OCH3 is 1. The molecule has 0 saturated carbocycles. The van der Waals surface area contributed by atoms with Gasteiger partial charge in [0.2, 0.25) is 0 Å². The fourth-order valence-corrected chi connectivity index (χ4v) is 3.39. The van der Waals surface area contributed by atoms with Crippen molar-refractivity contribution in [3.05, 3.63) is 52.6 Å². The quantitative estimate of drug-likeness (QED) is 0.836. The highest BCUT2D eigenvalue weighted by atomic mass is 19.1. The average Bonchev–Trinajstić information content (AvgIpc) is 3.02. The molecule has 1 atom stereocenters. The van der Waals surface area contributed by atoms with Crippen LogP contribution < -0.4 is 0 Å². The summed E-state index contributed by atoms with van der Waals surface area (Å²) < 4.78 is 20.0. The molecule has 2 heterocycles. The molecule has 8 heteroatoms. The van der Waals surface area contributed by atoms with Crippen LogP contribution in [0.2, 0.25) is 0 Å². The lowest BCUT2D eigenvalue weighted by atomic mass is 10.0. The summed E-state index contributed by atoms with van der Waals surface area (Å²) in [7, 11) is 1.49. The van der Waals surface area contributed by atoms with Crippen LogP contribution in [0.4, 0.5) is 4.39 Å². The van der Waals surface area contributed by atoms with E-state index in [2.05, 4.69) is 5.10 Å². The van der Waals surface area contributed by atoms with Crippen LogP contribution in [0.25, 0.3) is 0 Å². The highest BCUT2D eigenvalue weighted by Crippen LogP contribution is 2.25. The number of aromatic carboxylic acids is 1. The molecule has 1 aliphatic heterocycles. The molecule has 0 bridgehead atoms. The predicted molar refractivity (Wildman–Crippen MR) is 94.9 cm³/mol. The van der Waals surface area contributed by atoms with Crippen molar-refractivity contribution in [3.8, 4) is 0 Å². The lowest BCUT2D eigenvalue weighted by molar-refractivity contribution is -0.143. The van der Waals surface area contributed by atoms with E-state index in [1.165, 1.54) is 19.2 Å². The Morgan fingerprint density at radius 2 is 2.04 bits per heavy atom. The lowest BCUT2D eigenvalue weighted by Crippen LogP contribution is -2.43. The Balaban J connectivity index is 1.89. The summed E-state index contributed by atoms with van der Waals surface area (Å²) in [4.78, 5) is 25.8. The molecular formula is C19H22FN3O4. The largest absolute Gasteiger partial charge is 0.476 e. The molecule has 0 saturated heterocycles. The molecule has 144 valence electrons. The minimum atomic E-state index is -1.13. The summed E-state index contributed by atoms with van der Waals surface area (Å²) >= 11 is 0. The predicted octanol–water partition coefficient (Wildman–Crippen LogP) is 2.08. The number of aromatic nitrogens is 2. The Hall–Kier alpha value is -2.74. The highest BCUT2D eigenvalue weighted by molar-refractivity contribution is 5.88. The Labute approximate surface area is 156 Å². The van der Waals surface area contributed by atoms with Gasteiger partial charge in [-0.2, -0.15) is 5.10 Å². The van der Waals surface area contributed by atoms with Crippen molar-refractivity contribution in [2.24, 2.45) is 0 Å². The number of halogens is 1. The number of carbonyl (C=O) groups excluding carboxylic acids is 1. The van der Waals surface area contributed by atoms with Crippen molar-refractivity contribution in [3.63, 3.8) is 0 Å². The fraction of sp³-hybridized carbons (Fsp3) is 0.421. The molecular weight excluding hydrogens is 353 g/mol. The number of amides is 1. The first-order valence-electron chi connectivity index (χ1n) is 8.82. The molecule has 1 aromatic carbocycles. The molecule has 0 unspecified atom stereocenters. The summed E-state index contributed by atoms with van der Waals surface area (Å²) in [6.07, 6.45) is 0.519. The van der Waals surface area contributed by atoms with Gasteiger partial charge in [-0.25, -0.2) is 9.18 Å². The topological polar surface area (TPSA) is 84.7 Å². The molecule has 1 N–H and O–H groups in total. The number of fused-ring (bicyclic) bond motifs is 1. The van der Waals surface area contributed by atoms with Gasteiger partial charge in [-0.3, -0.25) is 9.48 Å². The van der Waals surface area contributed by atoms with Gasteiger partial charge in [0.05, 0.1) is 6.54 Å². The lowest BCUT2D eigenvalue weighted by Gasteiger charge is -2.30. The Morgan fingerprint density at radius 1 is 1.33 bits per heavy atom. The first-order valence-corrected chi connectivity index (χ1v) is 8.82. The molecule has 27 heavy (non-hydrogen) atoms. The second-order valence-corrected chi connectivity index (χ2v) is 6.51. The molecule has 0 spiro atoms. The number of carboxylic acid groups (broad SMARTS) is 1. The van der Waals surface area contributed by atoms with Crippen LogP contribution in [0.1, 0.15) is 40.7 Å². The highest BCUT2D eigenvalue weighted by Gasteiger charge is 2.32. The van der Waals surface area contributed by atoms with Gasteiger partial charge in [-0.15, -0.1) is 0 Å². The monoisotopic (exact) mass is 375 g/mol. The molecule has 1 aromatic heterocycles. The van der Waals surface area contributed by atoms with Crippen LogP contribution in [0, 0.1) is 5.82 Å². The van der Waals surface area contributed by atoms with Crippen LogP contribution in [0.5, 0.6) is 0 Å². The SMILES string of the molecule is CC[C@@H](OC)C(=O)N1CCc2c(c(C(=O)O)nn2Cc2ccc(F)cc2)C1. The minimum Gasteiger partial charge on any atom is -0.476 e. The van der Waals surface area contributed by atoms with Crippen LogP contribution in [0.3, 0.4) is 0 Å². The third-order valence-corrected chi connectivity index (χ3v) is 4.82. The zero-order chi connectivity index (χ0) is 19.6. The van der Waals surface area contributed by atoms with Gasteiger partial charge in [-0.05, 0) is 24.1 Å². The third-order valence-electron chi connectivity index (χ3n) is 4.82. The molecule has 3 rings (SSSR count). The zero-order valence-electron chi connectivity index (χ0n) is 15.3. The van der Waals surface area contributed by atoms with Crippen molar-refractivity contribution < 1.29 is 23.8 Å². The molecule has 1 aliphatic rings. The minimum absolute atomic E-state index is 0.0462. The van der Waals surface area contributed by atoms with Crippen molar-refractivity contribution in [2.45, 2.75) is 39.0 Å². The molecule has 0 fully saturated rings. The average molecular weight is 375 g/mol. The van der Waals surface area contributed by atoms with E-state index in [0.29, 0.717) is 31.5 Å². The molecule has 2 aromatic rings. The van der Waals surface area contributed by atoms with Gasteiger partial charge in [0.15, 0.2) is 5.69 Å².